The van der Waals surface area contributed by atoms with Crippen LogP contribution in [0.25, 0.3) is 0 Å². The summed E-state index contributed by atoms with van der Waals surface area (Å²) in [5.41, 5.74) is 1.98. The van der Waals surface area contributed by atoms with E-state index in [0.29, 0.717) is 0 Å². The van der Waals surface area contributed by atoms with Gasteiger partial charge in [0.2, 0.25) is 6.09 Å². The summed E-state index contributed by atoms with van der Waals surface area (Å²) in [4.78, 5) is 9.95. The molecule has 0 aromatic carbocycles. The number of ether oxygens (including phenoxy) is 1. The number of nitrogens with one attached hydrogen (secondary N) is 1. The average Bonchev–Trinajstić information content (AvgIpc) is 1.68. The van der Waals surface area contributed by atoms with Crippen LogP contribution in [0.15, 0.2) is 0 Å². The summed E-state index contributed by atoms with van der Waals surface area (Å²) in [7, 11) is 1.25. The van der Waals surface area contributed by atoms with E-state index in [2.05, 4.69) is 17.0 Å². The molecule has 5 heteroatoms. The Bertz CT molecular complexity index is 88.6. The van der Waals surface area contributed by atoms with E-state index < -0.39 is 6.09 Å². The zero-order valence-electron chi connectivity index (χ0n) is 5.30. The fourth-order valence-electron chi connectivity index (χ4n) is 0.0927. The molecule has 0 bridgehead atoms. The first-order valence-electron chi connectivity index (χ1n) is 1.52. The fourth-order valence-corrected chi connectivity index (χ4v) is 0.176. The molecule has 0 unspecified atom stereocenters. The maximum atomic E-state index is 9.95. The van der Waals surface area contributed by atoms with Gasteiger partial charge in [0.05, 0.1) is 7.11 Å². The van der Waals surface area contributed by atoms with Crippen molar-refractivity contribution in [3.05, 3.63) is 7.43 Å². The van der Waals surface area contributed by atoms with E-state index >= 15 is 0 Å². The molecule has 0 spiro atoms. The molecule has 0 atom stereocenters. The number of hydrogen-bond donors (Lipinski definition) is 1. The van der Waals surface area contributed by atoms with Crippen LogP contribution in [0.1, 0.15) is 0 Å². The van der Waals surface area contributed by atoms with E-state index in [9.17, 15) is 4.79 Å². The first-order chi connectivity index (χ1) is 3.31. The molecular formula is C4H7NO2SY-2. The molecule has 0 aliphatic carbocycles. The van der Waals surface area contributed by atoms with Crippen LogP contribution in [0.2, 0.25) is 0 Å². The van der Waals surface area contributed by atoms with Gasteiger partial charge in [0, 0.05) is 32.7 Å². The number of carbonyl (C=O) groups is 1. The number of hydrogen-bond acceptors (Lipinski definition) is 3. The molecule has 51 valence electrons. The molecule has 3 nitrogen and oxygen atoms in total. The topological polar surface area (TPSA) is 38.3 Å². The summed E-state index contributed by atoms with van der Waals surface area (Å²) < 4.78 is 4.11. The maximum Gasteiger partial charge on any atom is 0.247 e. The Morgan fingerprint density at radius 2 is 2.22 bits per heavy atom. The summed E-state index contributed by atoms with van der Waals surface area (Å²) >= 11 is 4.13. The van der Waals surface area contributed by atoms with Gasteiger partial charge in [-0.1, -0.05) is 5.49 Å². The largest absolute Gasteiger partial charge is 0.538 e. The minimum Gasteiger partial charge on any atom is -0.538 e. The Morgan fingerprint density at radius 3 is 2.33 bits per heavy atom. The smallest absolute Gasteiger partial charge is 0.247 e. The van der Waals surface area contributed by atoms with E-state index in [1.54, 1.807) is 0 Å². The van der Waals surface area contributed by atoms with E-state index in [4.69, 9.17) is 0 Å². The van der Waals surface area contributed by atoms with Crippen LogP contribution in [0, 0.1) is 7.43 Å². The van der Waals surface area contributed by atoms with Gasteiger partial charge >= 0.3 is 0 Å². The van der Waals surface area contributed by atoms with Crippen molar-refractivity contribution in [2.45, 2.75) is 0 Å². The molecule has 0 saturated heterocycles. The van der Waals surface area contributed by atoms with Gasteiger partial charge in [0.1, 0.15) is 0 Å². The van der Waals surface area contributed by atoms with Gasteiger partial charge in [-0.25, -0.2) is 12.2 Å². The zero-order chi connectivity index (χ0) is 5.70. The van der Waals surface area contributed by atoms with Crippen LogP contribution >= 0.6 is 12.2 Å². The molecule has 1 N–H and O–H groups in total. The Labute approximate surface area is 85.4 Å². The SMILES string of the molecule is COC(=O)N[C-]=S.[CH3-].[Y]. The third-order valence-electron chi connectivity index (χ3n) is 0.338. The normalized spacial score (nSPS) is 5.44. The monoisotopic (exact) mass is 222 g/mol. The van der Waals surface area contributed by atoms with Crippen molar-refractivity contribution in [1.82, 2.24) is 5.32 Å². The summed E-state index contributed by atoms with van der Waals surface area (Å²) in [5.74, 6) is 0. The molecule has 0 aliphatic rings. The number of rotatable bonds is 1. The van der Waals surface area contributed by atoms with Crippen LogP contribution in [0.4, 0.5) is 4.79 Å². The van der Waals surface area contributed by atoms with Crippen LogP contribution in [-0.4, -0.2) is 18.7 Å². The summed E-state index contributed by atoms with van der Waals surface area (Å²) in [5, 5.41) is 2.00. The molecule has 0 fully saturated rings. The van der Waals surface area contributed by atoms with Crippen molar-refractivity contribution < 1.29 is 42.2 Å². The van der Waals surface area contributed by atoms with Gasteiger partial charge < -0.3 is 22.3 Å². The summed E-state index contributed by atoms with van der Waals surface area (Å²) in [6.45, 7) is 0. The predicted octanol–water partition coefficient (Wildman–Crippen LogP) is 0.624. The number of thiocarbonyl (C=S) groups is 1. The quantitative estimate of drug-likeness (QED) is 0.401. The van der Waals surface area contributed by atoms with Crippen LogP contribution < -0.4 is 5.32 Å². The fraction of sp³-hybridized carbons (Fsp3) is 0.250. The molecule has 0 heterocycles. The predicted molar refractivity (Wildman–Crippen MR) is 34.6 cm³/mol. The second-order valence-electron chi connectivity index (χ2n) is 0.719. The number of carbonyl (C=O) groups excluding carboxylic acids is 1. The van der Waals surface area contributed by atoms with Crippen molar-refractivity contribution >= 4 is 23.8 Å². The molecule has 1 amide bonds. The van der Waals surface area contributed by atoms with Gasteiger partial charge in [0.15, 0.2) is 0 Å². The molecule has 0 aromatic rings. The van der Waals surface area contributed by atoms with Gasteiger partial charge in [-0.3, -0.25) is 0 Å². The Morgan fingerprint density at radius 1 is 1.78 bits per heavy atom. The minimum atomic E-state index is -0.588. The van der Waals surface area contributed by atoms with Crippen LogP contribution in [-0.2, 0) is 37.4 Å². The van der Waals surface area contributed by atoms with Crippen LogP contribution in [0.5, 0.6) is 0 Å². The number of alkyl carbamates (subject to hydrolysis) is 1. The molecule has 0 aromatic heterocycles. The first-order valence-corrected chi connectivity index (χ1v) is 1.93. The Hall–Kier alpha value is 0.464. The van der Waals surface area contributed by atoms with Crippen molar-refractivity contribution in [1.29, 1.82) is 0 Å². The van der Waals surface area contributed by atoms with Crippen molar-refractivity contribution in [2.24, 2.45) is 0 Å². The molecule has 0 aliphatic heterocycles. The second kappa shape index (κ2) is 11.3. The first kappa shape index (κ1) is 16.2. The zero-order valence-corrected chi connectivity index (χ0v) is 8.96. The Kier molecular flexibility index (Phi) is 20.3. The van der Waals surface area contributed by atoms with Gasteiger partial charge in [-0.15, -0.1) is 0 Å². The third kappa shape index (κ3) is 11.8. The van der Waals surface area contributed by atoms with Gasteiger partial charge in [-0.05, 0) is 0 Å². The maximum absolute atomic E-state index is 9.95. The molecule has 1 radical (unpaired) electrons. The standard InChI is InChI=1S/C3H4NO2S.CH3.Y/c1-6-3(5)4-2-7;;/h1H3,(H,4,5,7);1H3;/q2*-1;. The van der Waals surface area contributed by atoms with E-state index in [1.807, 2.05) is 10.8 Å². The second-order valence-corrected chi connectivity index (χ2v) is 0.923. The van der Waals surface area contributed by atoms with E-state index in [-0.39, 0.29) is 40.1 Å². The molecular weight excluding hydrogens is 215 g/mol. The minimum absolute atomic E-state index is 0. The number of methoxy groups -OCH3 is 1. The number of amides is 1. The van der Waals surface area contributed by atoms with Gasteiger partial charge in [-0.2, -0.15) is 0 Å². The summed E-state index contributed by atoms with van der Waals surface area (Å²) in [6.07, 6.45) is -0.588. The van der Waals surface area contributed by atoms with Crippen molar-refractivity contribution in [2.75, 3.05) is 7.11 Å². The van der Waals surface area contributed by atoms with E-state index in [0.717, 1.165) is 0 Å². The molecule has 0 saturated carbocycles. The molecule has 0 rings (SSSR count). The van der Waals surface area contributed by atoms with Gasteiger partial charge in [0.25, 0.3) is 0 Å². The van der Waals surface area contributed by atoms with Crippen LogP contribution in [0.3, 0.4) is 0 Å². The van der Waals surface area contributed by atoms with Crippen molar-refractivity contribution in [3.8, 4) is 0 Å². The Balaban J connectivity index is -0.000000180. The summed E-state index contributed by atoms with van der Waals surface area (Å²) in [6, 6.07) is 0. The average molecular weight is 222 g/mol. The molecule has 9 heavy (non-hydrogen) atoms. The van der Waals surface area contributed by atoms with Crippen molar-refractivity contribution in [3.63, 3.8) is 0 Å². The third-order valence-corrected chi connectivity index (χ3v) is 0.441. The van der Waals surface area contributed by atoms with E-state index in [1.165, 1.54) is 7.11 Å².